The Kier molecular flexibility index (Phi) is 3.66. The number of Topliss-reactive ketones (excluding diaryl/α,β-unsaturated/α-hetero) is 1. The van der Waals surface area contributed by atoms with Gasteiger partial charge in [0.2, 0.25) is 0 Å². The number of hydrogen-bond acceptors (Lipinski definition) is 3. The number of carbonyl (C=O) groups excluding carboxylic acids is 1. The predicted octanol–water partition coefficient (Wildman–Crippen LogP) is 2.41. The van der Waals surface area contributed by atoms with Crippen molar-refractivity contribution in [1.82, 2.24) is 0 Å². The molecular formula is C17H17BO3. The maximum absolute atomic E-state index is 12.1. The van der Waals surface area contributed by atoms with Gasteiger partial charge < -0.3 is 9.68 Å². The molecule has 3 rings (SSSR count). The van der Waals surface area contributed by atoms with Gasteiger partial charge in [0, 0.05) is 11.5 Å². The highest BCUT2D eigenvalue weighted by Gasteiger charge is 2.27. The molecule has 4 heteroatoms. The van der Waals surface area contributed by atoms with Crippen molar-refractivity contribution in [2.45, 2.75) is 20.5 Å². The third kappa shape index (κ3) is 2.65. The van der Waals surface area contributed by atoms with Gasteiger partial charge in [-0.15, -0.1) is 0 Å². The highest BCUT2D eigenvalue weighted by Crippen LogP contribution is 2.23. The zero-order valence-electron chi connectivity index (χ0n) is 12.2. The maximum Gasteiger partial charge on any atom is 0.491 e. The van der Waals surface area contributed by atoms with Crippen molar-refractivity contribution in [2.24, 2.45) is 5.92 Å². The molecular weight excluding hydrogens is 263 g/mol. The lowest BCUT2D eigenvalue weighted by Crippen LogP contribution is -2.27. The molecule has 2 aromatic carbocycles. The molecule has 1 aliphatic rings. The molecule has 0 atom stereocenters. The molecule has 3 nitrogen and oxygen atoms in total. The van der Waals surface area contributed by atoms with Crippen molar-refractivity contribution < 1.29 is 14.5 Å². The number of rotatable bonds is 3. The molecule has 106 valence electrons. The van der Waals surface area contributed by atoms with Gasteiger partial charge in [0.05, 0.1) is 6.61 Å². The highest BCUT2D eigenvalue weighted by atomic mass is 16.5. The molecule has 0 amide bonds. The standard InChI is InChI=1S/C17H17BO3/c1-11(2)17(19)14-5-3-4-12(8-14)13-6-7-15-10-21-18(20)16(15)9-13/h3-9,11,20H,10H2,1-2H3. The molecule has 1 heterocycles. The van der Waals surface area contributed by atoms with Crippen molar-refractivity contribution in [2.75, 3.05) is 0 Å². The van der Waals surface area contributed by atoms with E-state index in [0.29, 0.717) is 6.61 Å². The summed E-state index contributed by atoms with van der Waals surface area (Å²) in [5, 5.41) is 9.79. The summed E-state index contributed by atoms with van der Waals surface area (Å²) in [6.07, 6.45) is 0. The van der Waals surface area contributed by atoms with E-state index in [9.17, 15) is 9.82 Å². The number of ketones is 1. The third-order valence-corrected chi connectivity index (χ3v) is 3.81. The van der Waals surface area contributed by atoms with E-state index in [-0.39, 0.29) is 11.7 Å². The first kappa shape index (κ1) is 14.0. The molecule has 0 aromatic heterocycles. The summed E-state index contributed by atoms with van der Waals surface area (Å²) >= 11 is 0. The van der Waals surface area contributed by atoms with Gasteiger partial charge >= 0.3 is 7.12 Å². The van der Waals surface area contributed by atoms with E-state index >= 15 is 0 Å². The fourth-order valence-electron chi connectivity index (χ4n) is 2.58. The Morgan fingerprint density at radius 3 is 2.71 bits per heavy atom. The van der Waals surface area contributed by atoms with E-state index in [1.165, 1.54) is 0 Å². The van der Waals surface area contributed by atoms with Crippen LogP contribution in [0.2, 0.25) is 0 Å². The van der Waals surface area contributed by atoms with E-state index in [0.717, 1.165) is 27.7 Å². The van der Waals surface area contributed by atoms with Gasteiger partial charge in [-0.05, 0) is 28.2 Å². The van der Waals surface area contributed by atoms with E-state index < -0.39 is 7.12 Å². The molecule has 0 radical (unpaired) electrons. The topological polar surface area (TPSA) is 46.5 Å². The molecule has 1 aliphatic heterocycles. The van der Waals surface area contributed by atoms with Crippen molar-refractivity contribution >= 4 is 18.4 Å². The number of carbonyl (C=O) groups is 1. The van der Waals surface area contributed by atoms with Crippen molar-refractivity contribution in [3.05, 3.63) is 53.6 Å². The van der Waals surface area contributed by atoms with Crippen molar-refractivity contribution in [3.63, 3.8) is 0 Å². The van der Waals surface area contributed by atoms with Gasteiger partial charge in [-0.1, -0.05) is 50.2 Å². The summed E-state index contributed by atoms with van der Waals surface area (Å²) in [7, 11) is -0.847. The molecule has 0 aliphatic carbocycles. The smallest absolute Gasteiger partial charge is 0.423 e. The lowest BCUT2D eigenvalue weighted by Gasteiger charge is -2.08. The Bertz CT molecular complexity index is 694. The summed E-state index contributed by atoms with van der Waals surface area (Å²) < 4.78 is 5.21. The lowest BCUT2D eigenvalue weighted by molar-refractivity contribution is 0.0939. The molecule has 2 aromatic rings. The summed E-state index contributed by atoms with van der Waals surface area (Å²) in [6.45, 7) is 4.25. The Morgan fingerprint density at radius 1 is 1.19 bits per heavy atom. The minimum absolute atomic E-state index is 0.0181. The molecule has 0 bridgehead atoms. The largest absolute Gasteiger partial charge is 0.491 e. The second-order valence-electron chi connectivity index (χ2n) is 5.68. The Hall–Kier alpha value is -1.91. The lowest BCUT2D eigenvalue weighted by atomic mass is 9.78. The first-order valence-electron chi connectivity index (χ1n) is 7.13. The average molecular weight is 280 g/mol. The third-order valence-electron chi connectivity index (χ3n) is 3.81. The van der Waals surface area contributed by atoms with Gasteiger partial charge in [0.1, 0.15) is 0 Å². The zero-order chi connectivity index (χ0) is 15.0. The van der Waals surface area contributed by atoms with Gasteiger partial charge in [-0.3, -0.25) is 4.79 Å². The highest BCUT2D eigenvalue weighted by molar-refractivity contribution is 6.61. The molecule has 21 heavy (non-hydrogen) atoms. The summed E-state index contributed by atoms with van der Waals surface area (Å²) in [5.41, 5.74) is 4.51. The number of hydrogen-bond donors (Lipinski definition) is 1. The van der Waals surface area contributed by atoms with E-state index in [4.69, 9.17) is 4.65 Å². The monoisotopic (exact) mass is 280 g/mol. The molecule has 0 saturated heterocycles. The zero-order valence-corrected chi connectivity index (χ0v) is 12.2. The van der Waals surface area contributed by atoms with Gasteiger partial charge in [-0.2, -0.15) is 0 Å². The number of benzene rings is 2. The minimum atomic E-state index is -0.847. The van der Waals surface area contributed by atoms with Crippen LogP contribution in [-0.2, 0) is 11.3 Å². The summed E-state index contributed by atoms with van der Waals surface area (Å²) in [6, 6.07) is 13.5. The van der Waals surface area contributed by atoms with Crippen LogP contribution in [0.15, 0.2) is 42.5 Å². The molecule has 0 spiro atoms. The van der Waals surface area contributed by atoms with Crippen LogP contribution in [0.4, 0.5) is 0 Å². The fraction of sp³-hybridized carbons (Fsp3) is 0.235. The Morgan fingerprint density at radius 2 is 1.95 bits per heavy atom. The van der Waals surface area contributed by atoms with E-state index in [1.807, 2.05) is 56.3 Å². The number of fused-ring (bicyclic) bond motifs is 1. The van der Waals surface area contributed by atoms with Crippen molar-refractivity contribution in [1.29, 1.82) is 0 Å². The minimum Gasteiger partial charge on any atom is -0.423 e. The molecule has 1 N–H and O–H groups in total. The van der Waals surface area contributed by atoms with E-state index in [2.05, 4.69) is 0 Å². The van der Waals surface area contributed by atoms with Gasteiger partial charge in [0.15, 0.2) is 5.78 Å². The molecule has 0 saturated carbocycles. The molecule has 0 unspecified atom stereocenters. The first-order valence-corrected chi connectivity index (χ1v) is 7.13. The quantitative estimate of drug-likeness (QED) is 0.693. The predicted molar refractivity (Wildman–Crippen MR) is 83.4 cm³/mol. The maximum atomic E-state index is 12.1. The van der Waals surface area contributed by atoms with Crippen LogP contribution < -0.4 is 5.46 Å². The second kappa shape index (κ2) is 5.47. The summed E-state index contributed by atoms with van der Waals surface area (Å²) in [4.78, 5) is 12.1. The fourth-order valence-corrected chi connectivity index (χ4v) is 2.58. The van der Waals surface area contributed by atoms with Crippen LogP contribution >= 0.6 is 0 Å². The average Bonchev–Trinajstić information content (AvgIpc) is 2.87. The van der Waals surface area contributed by atoms with Crippen LogP contribution in [0.1, 0.15) is 29.8 Å². The van der Waals surface area contributed by atoms with Gasteiger partial charge in [-0.25, -0.2) is 0 Å². The van der Waals surface area contributed by atoms with E-state index in [1.54, 1.807) is 0 Å². The Labute approximate surface area is 124 Å². The van der Waals surface area contributed by atoms with Gasteiger partial charge in [0.25, 0.3) is 0 Å². The Balaban J connectivity index is 2.00. The second-order valence-corrected chi connectivity index (χ2v) is 5.68. The first-order chi connectivity index (χ1) is 10.1. The van der Waals surface area contributed by atoms with Crippen LogP contribution in [0.3, 0.4) is 0 Å². The van der Waals surface area contributed by atoms with Crippen LogP contribution in [0, 0.1) is 5.92 Å². The summed E-state index contributed by atoms with van der Waals surface area (Å²) in [5.74, 6) is 0.122. The van der Waals surface area contributed by atoms with Crippen LogP contribution in [0.25, 0.3) is 11.1 Å². The van der Waals surface area contributed by atoms with Crippen LogP contribution in [-0.4, -0.2) is 17.9 Å². The normalized spacial score (nSPS) is 13.6. The molecule has 0 fully saturated rings. The SMILES string of the molecule is CC(C)C(=O)c1cccc(-c2ccc3c(c2)B(O)OC3)c1. The van der Waals surface area contributed by atoms with Crippen LogP contribution in [0.5, 0.6) is 0 Å². The van der Waals surface area contributed by atoms with Crippen molar-refractivity contribution in [3.8, 4) is 11.1 Å².